The van der Waals surface area contributed by atoms with Gasteiger partial charge < -0.3 is 10.1 Å². The Kier molecular flexibility index (Phi) is 4.73. The number of carbonyl (C=O) groups is 2. The molecule has 23 heavy (non-hydrogen) atoms. The number of hydrogen-bond acceptors (Lipinski definition) is 5. The smallest absolute Gasteiger partial charge is 0.348 e. The number of benzene rings is 1. The number of anilines is 1. The fourth-order valence-corrected chi connectivity index (χ4v) is 3.84. The van der Waals surface area contributed by atoms with Crippen LogP contribution < -0.4 is 5.32 Å². The minimum absolute atomic E-state index is 0.0485. The zero-order valence-electron chi connectivity index (χ0n) is 12.5. The molecule has 1 amide bonds. The zero-order valence-corrected chi connectivity index (χ0v) is 14.1. The Hall–Kier alpha value is -2.18. The molecule has 0 atom stereocenters. The average molecular weight is 345 g/mol. The molecule has 1 N–H and O–H groups in total. The SMILES string of the molecule is CCOC(=O)c1cc2cc(NC(=O)Cc3cccs3)ccc2s1. The van der Waals surface area contributed by atoms with E-state index >= 15 is 0 Å². The van der Waals surface area contributed by atoms with Crippen LogP contribution in [-0.2, 0) is 16.0 Å². The second kappa shape index (κ2) is 6.93. The fourth-order valence-electron chi connectivity index (χ4n) is 2.20. The van der Waals surface area contributed by atoms with Gasteiger partial charge in [0, 0.05) is 15.3 Å². The van der Waals surface area contributed by atoms with Gasteiger partial charge in [-0.05, 0) is 48.0 Å². The third-order valence-electron chi connectivity index (χ3n) is 3.19. The quantitative estimate of drug-likeness (QED) is 0.701. The predicted molar refractivity (Wildman–Crippen MR) is 94.4 cm³/mol. The second-order valence-corrected chi connectivity index (χ2v) is 7.00. The third kappa shape index (κ3) is 3.78. The molecule has 0 radical (unpaired) electrons. The molecule has 0 aliphatic carbocycles. The lowest BCUT2D eigenvalue weighted by atomic mass is 10.2. The Balaban J connectivity index is 1.74. The highest BCUT2D eigenvalue weighted by Crippen LogP contribution is 2.28. The van der Waals surface area contributed by atoms with Gasteiger partial charge in [0.1, 0.15) is 4.88 Å². The van der Waals surface area contributed by atoms with Crippen LogP contribution in [0, 0.1) is 0 Å². The highest BCUT2D eigenvalue weighted by molar-refractivity contribution is 7.20. The summed E-state index contributed by atoms with van der Waals surface area (Å²) in [6.45, 7) is 2.14. The summed E-state index contributed by atoms with van der Waals surface area (Å²) in [5, 5.41) is 5.77. The molecule has 6 heteroatoms. The van der Waals surface area contributed by atoms with Crippen LogP contribution in [0.3, 0.4) is 0 Å². The minimum Gasteiger partial charge on any atom is -0.462 e. The third-order valence-corrected chi connectivity index (χ3v) is 5.16. The first kappa shape index (κ1) is 15.7. The van der Waals surface area contributed by atoms with Gasteiger partial charge >= 0.3 is 5.97 Å². The normalized spacial score (nSPS) is 10.7. The lowest BCUT2D eigenvalue weighted by Gasteiger charge is -2.04. The molecular weight excluding hydrogens is 330 g/mol. The molecule has 0 bridgehead atoms. The van der Waals surface area contributed by atoms with Crippen LogP contribution in [0.5, 0.6) is 0 Å². The van der Waals surface area contributed by atoms with Crippen molar-refractivity contribution < 1.29 is 14.3 Å². The lowest BCUT2D eigenvalue weighted by molar-refractivity contribution is -0.115. The maximum Gasteiger partial charge on any atom is 0.348 e. The number of ether oxygens (including phenoxy) is 1. The van der Waals surface area contributed by atoms with E-state index < -0.39 is 0 Å². The van der Waals surface area contributed by atoms with Gasteiger partial charge in [-0.25, -0.2) is 4.79 Å². The summed E-state index contributed by atoms with van der Waals surface area (Å²) < 4.78 is 6.00. The van der Waals surface area contributed by atoms with Crippen LogP contribution in [0.2, 0.25) is 0 Å². The van der Waals surface area contributed by atoms with E-state index in [-0.39, 0.29) is 11.9 Å². The Morgan fingerprint density at radius 1 is 1.22 bits per heavy atom. The van der Waals surface area contributed by atoms with Gasteiger partial charge in [-0.1, -0.05) is 6.07 Å². The molecule has 3 rings (SSSR count). The standard InChI is InChI=1S/C17H15NO3S2/c1-2-21-17(20)15-9-11-8-12(5-6-14(11)23-15)18-16(19)10-13-4-3-7-22-13/h3-9H,2,10H2,1H3,(H,18,19). The van der Waals surface area contributed by atoms with Gasteiger partial charge in [0.05, 0.1) is 13.0 Å². The van der Waals surface area contributed by atoms with Crippen molar-refractivity contribution in [1.29, 1.82) is 0 Å². The van der Waals surface area contributed by atoms with Gasteiger partial charge in [0.2, 0.25) is 5.91 Å². The molecule has 0 saturated heterocycles. The number of hydrogen-bond donors (Lipinski definition) is 1. The summed E-state index contributed by atoms with van der Waals surface area (Å²) in [7, 11) is 0. The molecule has 0 aliphatic heterocycles. The average Bonchev–Trinajstić information content (AvgIpc) is 3.16. The number of carbonyl (C=O) groups excluding carboxylic acids is 2. The van der Waals surface area contributed by atoms with Gasteiger partial charge in [0.25, 0.3) is 0 Å². The van der Waals surface area contributed by atoms with Crippen molar-refractivity contribution in [3.05, 3.63) is 51.5 Å². The molecular formula is C17H15NO3S2. The highest BCUT2D eigenvalue weighted by atomic mass is 32.1. The predicted octanol–water partition coefficient (Wildman–Crippen LogP) is 4.32. The molecule has 118 valence electrons. The summed E-state index contributed by atoms with van der Waals surface area (Å²) in [5.74, 6) is -0.357. The molecule has 4 nitrogen and oxygen atoms in total. The molecule has 3 aromatic rings. The summed E-state index contributed by atoms with van der Waals surface area (Å²) >= 11 is 2.96. The van der Waals surface area contributed by atoms with Crippen LogP contribution in [-0.4, -0.2) is 18.5 Å². The molecule has 0 aliphatic rings. The van der Waals surface area contributed by atoms with Crippen molar-refractivity contribution in [3.8, 4) is 0 Å². The maximum atomic E-state index is 12.0. The van der Waals surface area contributed by atoms with E-state index in [4.69, 9.17) is 4.74 Å². The Bertz CT molecular complexity index is 837. The molecule has 1 aromatic carbocycles. The Labute approximate surface area is 141 Å². The number of rotatable bonds is 5. The zero-order chi connectivity index (χ0) is 16.2. The van der Waals surface area contributed by atoms with E-state index in [1.165, 1.54) is 11.3 Å². The van der Waals surface area contributed by atoms with E-state index in [1.54, 1.807) is 24.3 Å². The van der Waals surface area contributed by atoms with E-state index in [2.05, 4.69) is 5.32 Å². The fraction of sp³-hybridized carbons (Fsp3) is 0.176. The van der Waals surface area contributed by atoms with E-state index in [9.17, 15) is 9.59 Å². The van der Waals surface area contributed by atoms with Crippen molar-refractivity contribution in [1.82, 2.24) is 0 Å². The van der Waals surface area contributed by atoms with Crippen molar-refractivity contribution in [3.63, 3.8) is 0 Å². The molecule has 0 fully saturated rings. The van der Waals surface area contributed by atoms with Gasteiger partial charge in [-0.2, -0.15) is 0 Å². The monoisotopic (exact) mass is 345 g/mol. The minimum atomic E-state index is -0.308. The molecule has 2 aromatic heterocycles. The number of thiophene rings is 2. The summed E-state index contributed by atoms with van der Waals surface area (Å²) in [6.07, 6.45) is 0.368. The van der Waals surface area contributed by atoms with Gasteiger partial charge in [-0.3, -0.25) is 4.79 Å². The van der Waals surface area contributed by atoms with Crippen molar-refractivity contribution in [2.45, 2.75) is 13.3 Å². The van der Waals surface area contributed by atoms with Crippen molar-refractivity contribution in [2.24, 2.45) is 0 Å². The molecule has 0 spiro atoms. The Morgan fingerprint density at radius 3 is 2.83 bits per heavy atom. The lowest BCUT2D eigenvalue weighted by Crippen LogP contribution is -2.13. The summed E-state index contributed by atoms with van der Waals surface area (Å²) in [5.41, 5.74) is 0.729. The highest BCUT2D eigenvalue weighted by Gasteiger charge is 2.12. The van der Waals surface area contributed by atoms with Crippen LogP contribution in [0.25, 0.3) is 10.1 Å². The summed E-state index contributed by atoms with van der Waals surface area (Å²) in [4.78, 5) is 25.4. The van der Waals surface area contributed by atoms with E-state index in [1.807, 2.05) is 35.7 Å². The van der Waals surface area contributed by atoms with Gasteiger partial charge in [-0.15, -0.1) is 22.7 Å². The van der Waals surface area contributed by atoms with Crippen molar-refractivity contribution >= 4 is 50.3 Å². The molecule has 0 unspecified atom stereocenters. The molecule has 0 saturated carbocycles. The second-order valence-electron chi connectivity index (χ2n) is 4.89. The maximum absolute atomic E-state index is 12.0. The van der Waals surface area contributed by atoms with E-state index in [0.29, 0.717) is 17.9 Å². The summed E-state index contributed by atoms with van der Waals surface area (Å²) in [6, 6.07) is 11.3. The van der Waals surface area contributed by atoms with Crippen LogP contribution in [0.1, 0.15) is 21.5 Å². The topological polar surface area (TPSA) is 55.4 Å². The van der Waals surface area contributed by atoms with E-state index in [0.717, 1.165) is 20.7 Å². The Morgan fingerprint density at radius 2 is 2.09 bits per heavy atom. The first-order valence-corrected chi connectivity index (χ1v) is 8.88. The van der Waals surface area contributed by atoms with Crippen LogP contribution in [0.15, 0.2) is 41.8 Å². The molecule has 2 heterocycles. The van der Waals surface area contributed by atoms with Crippen molar-refractivity contribution in [2.75, 3.05) is 11.9 Å². The largest absolute Gasteiger partial charge is 0.462 e. The number of amides is 1. The first-order chi connectivity index (χ1) is 11.2. The van der Waals surface area contributed by atoms with Crippen LogP contribution >= 0.6 is 22.7 Å². The first-order valence-electron chi connectivity index (χ1n) is 7.18. The van der Waals surface area contributed by atoms with Gasteiger partial charge in [0.15, 0.2) is 0 Å². The van der Waals surface area contributed by atoms with Crippen LogP contribution in [0.4, 0.5) is 5.69 Å². The number of esters is 1. The number of fused-ring (bicyclic) bond motifs is 1. The number of nitrogens with one attached hydrogen (secondary N) is 1.